The van der Waals surface area contributed by atoms with Gasteiger partial charge in [0.2, 0.25) is 0 Å². The van der Waals surface area contributed by atoms with Crippen molar-refractivity contribution in [2.45, 2.75) is 0 Å². The highest BCUT2D eigenvalue weighted by atomic mass is 32.1. The monoisotopic (exact) mass is 245 g/mol. The van der Waals surface area contributed by atoms with Crippen LogP contribution in [0.1, 0.15) is 0 Å². The van der Waals surface area contributed by atoms with Crippen LogP contribution in [0, 0.1) is 6.57 Å². The first-order valence-electron chi connectivity index (χ1n) is 4.89. The zero-order chi connectivity index (χ0) is 12.3. The van der Waals surface area contributed by atoms with Crippen LogP contribution in [0.15, 0.2) is 29.6 Å². The van der Waals surface area contributed by atoms with E-state index in [0.29, 0.717) is 5.82 Å². The third-order valence-corrected chi connectivity index (χ3v) is 2.62. The fourth-order valence-electron chi connectivity index (χ4n) is 1.30. The molecule has 5 nitrogen and oxygen atoms in total. The summed E-state index contributed by atoms with van der Waals surface area (Å²) in [5.74, 6) is 0.504. The molecule has 86 valence electrons. The molecule has 17 heavy (non-hydrogen) atoms. The van der Waals surface area contributed by atoms with Gasteiger partial charge in [-0.15, -0.1) is 11.3 Å². The van der Waals surface area contributed by atoms with Crippen molar-refractivity contribution >= 4 is 17.2 Å². The Kier molecular flexibility index (Phi) is 3.21. The summed E-state index contributed by atoms with van der Waals surface area (Å²) in [6.07, 6.45) is 5.18. The Labute approximate surface area is 103 Å². The maximum Gasteiger partial charge on any atom is 0.251 e. The summed E-state index contributed by atoms with van der Waals surface area (Å²) in [5.41, 5.74) is 3.38. The summed E-state index contributed by atoms with van der Waals surface area (Å²) in [6, 6.07) is 0. The van der Waals surface area contributed by atoms with Gasteiger partial charge in [0.05, 0.1) is 5.51 Å². The summed E-state index contributed by atoms with van der Waals surface area (Å²) in [5, 5.41) is 1.93. The molecule has 6 heteroatoms. The fourth-order valence-corrected chi connectivity index (χ4v) is 1.85. The second-order valence-corrected chi connectivity index (χ2v) is 4.32. The smallest absolute Gasteiger partial charge is 0.251 e. The van der Waals surface area contributed by atoms with Gasteiger partial charge in [-0.2, -0.15) is 0 Å². The molecule has 0 unspecified atom stereocenters. The number of hydrogen-bond acceptors (Lipinski definition) is 4. The molecule has 2 heterocycles. The van der Waals surface area contributed by atoms with E-state index in [-0.39, 0.29) is 0 Å². The van der Waals surface area contributed by atoms with E-state index < -0.39 is 0 Å². The van der Waals surface area contributed by atoms with Gasteiger partial charge in [-0.3, -0.25) is 4.57 Å². The van der Waals surface area contributed by atoms with E-state index in [2.05, 4.69) is 14.8 Å². The number of aromatic nitrogens is 3. The second kappa shape index (κ2) is 4.80. The summed E-state index contributed by atoms with van der Waals surface area (Å²) < 4.78 is 1.70. The standard InChI is InChI=1S/C11H11N5S/c1-12-11(5-15(2)3)16-4-9(13-7-16)10-6-17-8-14-10/h4-8H,2-3H3/b11-5+. The molecule has 0 amide bonds. The minimum Gasteiger partial charge on any atom is -0.392 e. The van der Waals surface area contributed by atoms with Crippen molar-refractivity contribution in [3.05, 3.63) is 41.0 Å². The Morgan fingerprint density at radius 3 is 2.88 bits per heavy atom. The zero-order valence-electron chi connectivity index (χ0n) is 9.53. The average Bonchev–Trinajstić information content (AvgIpc) is 2.95. The normalized spacial score (nSPS) is 11.2. The van der Waals surface area contributed by atoms with Crippen molar-refractivity contribution in [1.82, 2.24) is 19.4 Å². The number of hydrogen-bond donors (Lipinski definition) is 0. The molecule has 0 saturated heterocycles. The van der Waals surface area contributed by atoms with Gasteiger partial charge in [-0.05, 0) is 0 Å². The molecule has 0 aliphatic rings. The van der Waals surface area contributed by atoms with Crippen molar-refractivity contribution in [2.24, 2.45) is 0 Å². The first-order valence-corrected chi connectivity index (χ1v) is 5.83. The van der Waals surface area contributed by atoms with Crippen LogP contribution in [0.3, 0.4) is 0 Å². The Bertz CT molecular complexity index is 559. The van der Waals surface area contributed by atoms with Crippen molar-refractivity contribution < 1.29 is 0 Å². The van der Waals surface area contributed by atoms with E-state index in [4.69, 9.17) is 6.57 Å². The Morgan fingerprint density at radius 1 is 1.47 bits per heavy atom. The average molecular weight is 245 g/mol. The van der Waals surface area contributed by atoms with Crippen LogP contribution in [-0.2, 0) is 0 Å². The lowest BCUT2D eigenvalue weighted by molar-refractivity contribution is 0.563. The molecule has 0 aliphatic heterocycles. The minimum absolute atomic E-state index is 0.504. The molecule has 0 bridgehead atoms. The van der Waals surface area contributed by atoms with Gasteiger partial charge >= 0.3 is 0 Å². The number of imidazole rings is 1. The van der Waals surface area contributed by atoms with E-state index in [1.165, 1.54) is 11.3 Å². The largest absolute Gasteiger partial charge is 0.392 e. The van der Waals surface area contributed by atoms with Crippen molar-refractivity contribution in [1.29, 1.82) is 0 Å². The van der Waals surface area contributed by atoms with Gasteiger partial charge in [-0.25, -0.2) is 9.97 Å². The highest BCUT2D eigenvalue weighted by Gasteiger charge is 2.08. The van der Waals surface area contributed by atoms with E-state index in [0.717, 1.165) is 11.4 Å². The van der Waals surface area contributed by atoms with E-state index in [1.54, 1.807) is 22.6 Å². The van der Waals surface area contributed by atoms with Crippen LogP contribution in [0.5, 0.6) is 0 Å². The van der Waals surface area contributed by atoms with Gasteiger partial charge < -0.3 is 9.74 Å². The highest BCUT2D eigenvalue weighted by Crippen LogP contribution is 2.18. The van der Waals surface area contributed by atoms with Crippen LogP contribution >= 0.6 is 11.3 Å². The van der Waals surface area contributed by atoms with Crippen molar-refractivity contribution in [2.75, 3.05) is 14.1 Å². The van der Waals surface area contributed by atoms with E-state index >= 15 is 0 Å². The lowest BCUT2D eigenvalue weighted by atomic mass is 10.4. The summed E-state index contributed by atoms with van der Waals surface area (Å²) in [7, 11) is 3.76. The van der Waals surface area contributed by atoms with Crippen LogP contribution in [0.25, 0.3) is 22.1 Å². The lowest BCUT2D eigenvalue weighted by Crippen LogP contribution is -2.03. The molecule has 0 fully saturated rings. The topological polar surface area (TPSA) is 38.3 Å². The number of nitrogens with zero attached hydrogens (tertiary/aromatic N) is 5. The minimum atomic E-state index is 0.504. The lowest BCUT2D eigenvalue weighted by Gasteiger charge is -2.06. The third kappa shape index (κ3) is 2.52. The molecule has 0 aromatic carbocycles. The summed E-state index contributed by atoms with van der Waals surface area (Å²) in [4.78, 5) is 13.7. The van der Waals surface area contributed by atoms with Crippen molar-refractivity contribution in [3.63, 3.8) is 0 Å². The highest BCUT2D eigenvalue weighted by molar-refractivity contribution is 7.07. The molecular weight excluding hydrogens is 234 g/mol. The molecule has 0 saturated carbocycles. The third-order valence-electron chi connectivity index (χ3n) is 2.03. The maximum absolute atomic E-state index is 7.14. The Morgan fingerprint density at radius 2 is 2.29 bits per heavy atom. The maximum atomic E-state index is 7.14. The predicted molar refractivity (Wildman–Crippen MR) is 67.9 cm³/mol. The van der Waals surface area contributed by atoms with Gasteiger partial charge in [0, 0.05) is 25.7 Å². The molecular formula is C11H11N5S. The number of thiazole rings is 1. The molecule has 0 aliphatic carbocycles. The molecule has 0 atom stereocenters. The van der Waals surface area contributed by atoms with E-state index in [1.807, 2.05) is 30.6 Å². The molecule has 0 N–H and O–H groups in total. The number of rotatable bonds is 3. The quantitative estimate of drug-likeness (QED) is 0.778. The first-order chi connectivity index (χ1) is 8.20. The van der Waals surface area contributed by atoms with Gasteiger partial charge in [0.15, 0.2) is 6.33 Å². The molecule has 2 aromatic rings. The predicted octanol–water partition coefficient (Wildman–Crippen LogP) is 2.24. The van der Waals surface area contributed by atoms with Gasteiger partial charge in [-0.1, -0.05) is 6.57 Å². The SMILES string of the molecule is [C-]#[N+]/C(=C\N(C)C)n1cnc(-c2cscn2)c1. The van der Waals surface area contributed by atoms with Crippen LogP contribution < -0.4 is 0 Å². The first kappa shape index (κ1) is 11.4. The molecule has 2 aromatic heterocycles. The molecule has 0 radical (unpaired) electrons. The van der Waals surface area contributed by atoms with Crippen LogP contribution in [0.4, 0.5) is 0 Å². The zero-order valence-corrected chi connectivity index (χ0v) is 10.3. The van der Waals surface area contributed by atoms with Gasteiger partial charge in [0.25, 0.3) is 5.82 Å². The second-order valence-electron chi connectivity index (χ2n) is 3.60. The van der Waals surface area contributed by atoms with Gasteiger partial charge in [0.1, 0.15) is 17.6 Å². The van der Waals surface area contributed by atoms with Crippen LogP contribution in [0.2, 0.25) is 0 Å². The van der Waals surface area contributed by atoms with Crippen molar-refractivity contribution in [3.8, 4) is 11.4 Å². The van der Waals surface area contributed by atoms with Crippen LogP contribution in [-0.4, -0.2) is 33.5 Å². The Balaban J connectivity index is 2.33. The molecule has 2 rings (SSSR count). The molecule has 0 spiro atoms. The van der Waals surface area contributed by atoms with E-state index in [9.17, 15) is 0 Å². The summed E-state index contributed by atoms with van der Waals surface area (Å²) >= 11 is 1.52. The summed E-state index contributed by atoms with van der Waals surface area (Å²) in [6.45, 7) is 7.14. The Hall–Kier alpha value is -2.13. The fraction of sp³-hybridized carbons (Fsp3) is 0.182.